The number of methoxy groups -OCH3 is 2. The van der Waals surface area contributed by atoms with Crippen LogP contribution < -0.4 is 9.47 Å². The van der Waals surface area contributed by atoms with Crippen molar-refractivity contribution in [1.29, 1.82) is 0 Å². The summed E-state index contributed by atoms with van der Waals surface area (Å²) in [7, 11) is 2.95. The highest BCUT2D eigenvalue weighted by molar-refractivity contribution is 6.32. The summed E-state index contributed by atoms with van der Waals surface area (Å²) in [5, 5.41) is 0.327. The first-order valence-electron chi connectivity index (χ1n) is 4.17. The molecule has 82 valence electrons. The molecule has 0 aliphatic heterocycles. The summed E-state index contributed by atoms with van der Waals surface area (Å²) in [4.78, 5) is 10.7. The molecule has 1 rings (SSSR count). The van der Waals surface area contributed by atoms with Gasteiger partial charge in [0.25, 0.3) is 0 Å². The molecule has 4 nitrogen and oxygen atoms in total. The van der Waals surface area contributed by atoms with Gasteiger partial charge in [-0.25, -0.2) is 0 Å². The Morgan fingerprint density at radius 3 is 2.67 bits per heavy atom. The topological polar surface area (TPSA) is 44.8 Å². The van der Waals surface area contributed by atoms with Gasteiger partial charge in [0.05, 0.1) is 17.7 Å². The number of hydrogen-bond donors (Lipinski definition) is 0. The van der Waals surface area contributed by atoms with E-state index in [-0.39, 0.29) is 6.79 Å². The number of carbonyl (C=O) groups is 1. The van der Waals surface area contributed by atoms with Crippen LogP contribution in [0, 0.1) is 0 Å². The van der Waals surface area contributed by atoms with Crippen molar-refractivity contribution in [2.45, 2.75) is 0 Å². The van der Waals surface area contributed by atoms with Gasteiger partial charge in [0.2, 0.25) is 0 Å². The number of halogens is 1. The molecule has 5 heteroatoms. The molecule has 0 heterocycles. The van der Waals surface area contributed by atoms with Crippen LogP contribution in [-0.4, -0.2) is 27.3 Å². The summed E-state index contributed by atoms with van der Waals surface area (Å²) in [5.74, 6) is 0.807. The van der Waals surface area contributed by atoms with Crippen LogP contribution in [0.5, 0.6) is 11.5 Å². The van der Waals surface area contributed by atoms with Crippen molar-refractivity contribution in [2.24, 2.45) is 0 Å². The van der Waals surface area contributed by atoms with Gasteiger partial charge in [0.1, 0.15) is 11.5 Å². The third-order valence-electron chi connectivity index (χ3n) is 1.72. The Morgan fingerprint density at radius 1 is 1.40 bits per heavy atom. The average molecular weight is 231 g/mol. The van der Waals surface area contributed by atoms with E-state index in [1.807, 2.05) is 0 Å². The summed E-state index contributed by atoms with van der Waals surface area (Å²) in [6.45, 7) is 0.0982. The van der Waals surface area contributed by atoms with E-state index in [9.17, 15) is 4.79 Å². The lowest BCUT2D eigenvalue weighted by Crippen LogP contribution is -2.00. The van der Waals surface area contributed by atoms with Crippen molar-refractivity contribution in [2.75, 3.05) is 21.0 Å². The third kappa shape index (κ3) is 2.84. The number of hydrogen-bond acceptors (Lipinski definition) is 4. The maximum absolute atomic E-state index is 10.7. The normalized spacial score (nSPS) is 9.80. The minimum atomic E-state index is 0.0982. The molecule has 0 saturated carbocycles. The van der Waals surface area contributed by atoms with Gasteiger partial charge in [-0.15, -0.1) is 0 Å². The minimum Gasteiger partial charge on any atom is -0.494 e. The van der Waals surface area contributed by atoms with Crippen LogP contribution in [0.25, 0.3) is 0 Å². The Labute approximate surface area is 92.7 Å². The van der Waals surface area contributed by atoms with Crippen molar-refractivity contribution >= 4 is 17.9 Å². The molecular weight excluding hydrogens is 220 g/mol. The molecule has 15 heavy (non-hydrogen) atoms. The van der Waals surface area contributed by atoms with Crippen LogP contribution in [-0.2, 0) is 4.74 Å². The largest absolute Gasteiger partial charge is 0.494 e. The molecule has 0 amide bonds. The molecule has 0 spiro atoms. The van der Waals surface area contributed by atoms with E-state index in [4.69, 9.17) is 25.8 Å². The molecule has 0 aromatic heterocycles. The van der Waals surface area contributed by atoms with E-state index in [0.29, 0.717) is 28.4 Å². The summed E-state index contributed by atoms with van der Waals surface area (Å²) in [6, 6.07) is 3.10. The van der Waals surface area contributed by atoms with Gasteiger partial charge < -0.3 is 14.2 Å². The predicted molar refractivity (Wildman–Crippen MR) is 55.9 cm³/mol. The SMILES string of the molecule is COCOc1cc(Cl)c(OC)c(C=O)c1. The fourth-order valence-electron chi connectivity index (χ4n) is 1.10. The Hall–Kier alpha value is -1.26. The first-order valence-corrected chi connectivity index (χ1v) is 4.55. The zero-order valence-corrected chi connectivity index (χ0v) is 9.21. The molecule has 1 aromatic rings. The molecule has 0 fully saturated rings. The number of rotatable bonds is 5. The quantitative estimate of drug-likeness (QED) is 0.574. The molecular formula is C10H11ClO4. The maximum Gasteiger partial charge on any atom is 0.188 e. The molecule has 0 N–H and O–H groups in total. The Kier molecular flexibility index (Phi) is 4.39. The van der Waals surface area contributed by atoms with Crippen LogP contribution in [0.1, 0.15) is 10.4 Å². The zero-order chi connectivity index (χ0) is 11.3. The molecule has 0 saturated heterocycles. The van der Waals surface area contributed by atoms with E-state index in [1.165, 1.54) is 20.3 Å². The van der Waals surface area contributed by atoms with Gasteiger partial charge in [0, 0.05) is 13.2 Å². The highest BCUT2D eigenvalue weighted by Crippen LogP contribution is 2.32. The standard InChI is InChI=1S/C10H11ClO4/c1-13-6-15-8-3-7(5-12)10(14-2)9(11)4-8/h3-5H,6H2,1-2H3. The number of benzene rings is 1. The monoisotopic (exact) mass is 230 g/mol. The van der Waals surface area contributed by atoms with Crippen LogP contribution in [0.15, 0.2) is 12.1 Å². The molecule has 0 unspecified atom stereocenters. The van der Waals surface area contributed by atoms with Crippen molar-refractivity contribution in [1.82, 2.24) is 0 Å². The summed E-state index contributed by atoms with van der Waals surface area (Å²) in [6.07, 6.45) is 0.657. The van der Waals surface area contributed by atoms with E-state index in [0.717, 1.165) is 0 Å². The molecule has 0 atom stereocenters. The second kappa shape index (κ2) is 5.58. The lowest BCUT2D eigenvalue weighted by Gasteiger charge is -2.09. The summed E-state index contributed by atoms with van der Waals surface area (Å²) >= 11 is 5.89. The van der Waals surface area contributed by atoms with Gasteiger partial charge in [-0.3, -0.25) is 4.79 Å². The maximum atomic E-state index is 10.7. The Bertz CT molecular complexity index is 352. The molecule has 0 aliphatic rings. The van der Waals surface area contributed by atoms with Gasteiger partial charge in [0.15, 0.2) is 13.1 Å². The van der Waals surface area contributed by atoms with E-state index in [1.54, 1.807) is 6.07 Å². The van der Waals surface area contributed by atoms with Crippen molar-refractivity contribution in [3.8, 4) is 11.5 Å². The lowest BCUT2D eigenvalue weighted by molar-refractivity contribution is 0.0510. The fraction of sp³-hybridized carbons (Fsp3) is 0.300. The summed E-state index contributed by atoms with van der Waals surface area (Å²) < 4.78 is 14.9. The van der Waals surface area contributed by atoms with Crippen LogP contribution in [0.2, 0.25) is 5.02 Å². The molecule has 1 aromatic carbocycles. The highest BCUT2D eigenvalue weighted by Gasteiger charge is 2.10. The smallest absolute Gasteiger partial charge is 0.188 e. The number of ether oxygens (including phenoxy) is 3. The molecule has 0 bridgehead atoms. The average Bonchev–Trinajstić information content (AvgIpc) is 2.25. The van der Waals surface area contributed by atoms with Gasteiger partial charge in [-0.2, -0.15) is 0 Å². The van der Waals surface area contributed by atoms with Crippen molar-refractivity contribution in [3.05, 3.63) is 22.7 Å². The predicted octanol–water partition coefficient (Wildman–Crippen LogP) is 2.14. The second-order valence-electron chi connectivity index (χ2n) is 2.70. The van der Waals surface area contributed by atoms with E-state index >= 15 is 0 Å². The van der Waals surface area contributed by atoms with Gasteiger partial charge in [-0.1, -0.05) is 11.6 Å². The Balaban J connectivity index is 3.02. The first kappa shape index (κ1) is 11.8. The molecule has 0 aliphatic carbocycles. The summed E-state index contributed by atoms with van der Waals surface area (Å²) in [5.41, 5.74) is 0.344. The van der Waals surface area contributed by atoms with E-state index < -0.39 is 0 Å². The fourth-order valence-corrected chi connectivity index (χ4v) is 1.40. The number of carbonyl (C=O) groups excluding carboxylic acids is 1. The van der Waals surface area contributed by atoms with Crippen LogP contribution in [0.3, 0.4) is 0 Å². The minimum absolute atomic E-state index is 0.0982. The van der Waals surface area contributed by atoms with Crippen molar-refractivity contribution < 1.29 is 19.0 Å². The van der Waals surface area contributed by atoms with Crippen LogP contribution in [0.4, 0.5) is 0 Å². The third-order valence-corrected chi connectivity index (χ3v) is 2.00. The van der Waals surface area contributed by atoms with Crippen LogP contribution >= 0.6 is 11.6 Å². The lowest BCUT2D eigenvalue weighted by atomic mass is 10.2. The first-order chi connectivity index (χ1) is 7.22. The highest BCUT2D eigenvalue weighted by atomic mass is 35.5. The molecule has 0 radical (unpaired) electrons. The van der Waals surface area contributed by atoms with Gasteiger partial charge >= 0.3 is 0 Å². The second-order valence-corrected chi connectivity index (χ2v) is 3.10. The Morgan fingerprint density at radius 2 is 2.13 bits per heavy atom. The zero-order valence-electron chi connectivity index (χ0n) is 8.45. The van der Waals surface area contributed by atoms with Gasteiger partial charge in [-0.05, 0) is 6.07 Å². The van der Waals surface area contributed by atoms with Crippen molar-refractivity contribution in [3.63, 3.8) is 0 Å². The van der Waals surface area contributed by atoms with E-state index in [2.05, 4.69) is 0 Å². The number of aldehydes is 1.